The average molecular weight is 255 g/mol. The summed E-state index contributed by atoms with van der Waals surface area (Å²) in [5.41, 5.74) is 4.10. The minimum absolute atomic E-state index is 0.659. The first-order chi connectivity index (χ1) is 9.20. The molecule has 0 bridgehead atoms. The minimum Gasteiger partial charge on any atom is -0.310 e. The number of aromatic nitrogens is 2. The zero-order valence-electron chi connectivity index (χ0n) is 11.6. The van der Waals surface area contributed by atoms with Crippen LogP contribution < -0.4 is 5.32 Å². The summed E-state index contributed by atoms with van der Waals surface area (Å²) < 4.78 is 1.85. The first kappa shape index (κ1) is 12.4. The summed E-state index contributed by atoms with van der Waals surface area (Å²) in [4.78, 5) is 0. The minimum atomic E-state index is 0.659. The monoisotopic (exact) mass is 255 g/mol. The summed E-state index contributed by atoms with van der Waals surface area (Å²) in [5.74, 6) is 0.743. The summed E-state index contributed by atoms with van der Waals surface area (Å²) in [5, 5.41) is 7.79. The van der Waals surface area contributed by atoms with Crippen LogP contribution in [-0.2, 0) is 13.6 Å². The zero-order valence-corrected chi connectivity index (χ0v) is 11.6. The van der Waals surface area contributed by atoms with Crippen molar-refractivity contribution in [2.45, 2.75) is 38.3 Å². The van der Waals surface area contributed by atoms with E-state index >= 15 is 0 Å². The van der Waals surface area contributed by atoms with Crippen LogP contribution in [0.5, 0.6) is 0 Å². The molecule has 1 aromatic heterocycles. The maximum atomic E-state index is 4.19. The Labute approximate surface area is 114 Å². The third-order valence-electron chi connectivity index (χ3n) is 4.04. The van der Waals surface area contributed by atoms with E-state index in [0.29, 0.717) is 6.04 Å². The number of aryl methyl sites for hydroxylation is 2. The zero-order chi connectivity index (χ0) is 13.2. The maximum Gasteiger partial charge on any atom is 0.0534 e. The Bertz CT molecular complexity index is 535. The fourth-order valence-corrected chi connectivity index (χ4v) is 2.72. The second-order valence-corrected chi connectivity index (χ2v) is 5.68. The number of hydrogen-bond acceptors (Lipinski definition) is 2. The molecule has 0 spiro atoms. The van der Waals surface area contributed by atoms with Crippen molar-refractivity contribution < 1.29 is 0 Å². The molecule has 0 unspecified atom stereocenters. The van der Waals surface area contributed by atoms with Crippen molar-refractivity contribution in [3.05, 3.63) is 53.3 Å². The van der Waals surface area contributed by atoms with Crippen LogP contribution in [-0.4, -0.2) is 15.8 Å². The summed E-state index contributed by atoms with van der Waals surface area (Å²) in [6, 6.07) is 9.64. The molecule has 1 N–H and O–H groups in total. The van der Waals surface area contributed by atoms with Gasteiger partial charge in [0.2, 0.25) is 0 Å². The van der Waals surface area contributed by atoms with Gasteiger partial charge in [-0.05, 0) is 31.2 Å². The molecule has 0 radical (unpaired) electrons. The van der Waals surface area contributed by atoms with E-state index in [9.17, 15) is 0 Å². The van der Waals surface area contributed by atoms with Crippen molar-refractivity contribution in [2.24, 2.45) is 7.05 Å². The van der Waals surface area contributed by atoms with Crippen molar-refractivity contribution >= 4 is 0 Å². The lowest BCUT2D eigenvalue weighted by Crippen LogP contribution is -2.39. The van der Waals surface area contributed by atoms with E-state index in [0.717, 1.165) is 12.5 Å². The molecule has 1 saturated carbocycles. The summed E-state index contributed by atoms with van der Waals surface area (Å²) in [7, 11) is 1.96. The molecule has 0 atom stereocenters. The second kappa shape index (κ2) is 5.17. The third kappa shape index (κ3) is 2.87. The molecule has 0 aliphatic heterocycles. The molecule has 1 aliphatic carbocycles. The first-order valence-corrected chi connectivity index (χ1v) is 6.98. The predicted octanol–water partition coefficient (Wildman–Crippen LogP) is 2.76. The van der Waals surface area contributed by atoms with E-state index in [4.69, 9.17) is 0 Å². The molecule has 3 heteroatoms. The molecule has 3 nitrogen and oxygen atoms in total. The molecule has 1 heterocycles. The Kier molecular flexibility index (Phi) is 3.38. The first-order valence-electron chi connectivity index (χ1n) is 6.98. The van der Waals surface area contributed by atoms with Gasteiger partial charge in [0, 0.05) is 31.4 Å². The number of hydrogen-bond donors (Lipinski definition) is 1. The molecule has 3 rings (SSSR count). The molecule has 100 valence electrons. The van der Waals surface area contributed by atoms with E-state index in [1.54, 1.807) is 0 Å². The van der Waals surface area contributed by atoms with E-state index in [1.165, 1.54) is 29.5 Å². The summed E-state index contributed by atoms with van der Waals surface area (Å²) in [6.45, 7) is 3.07. The Hall–Kier alpha value is -1.61. The van der Waals surface area contributed by atoms with Crippen LogP contribution in [0, 0.1) is 6.92 Å². The highest BCUT2D eigenvalue weighted by molar-refractivity contribution is 5.26. The van der Waals surface area contributed by atoms with Crippen molar-refractivity contribution in [2.75, 3.05) is 0 Å². The van der Waals surface area contributed by atoms with E-state index in [-0.39, 0.29) is 0 Å². The maximum absolute atomic E-state index is 4.19. The summed E-state index contributed by atoms with van der Waals surface area (Å²) in [6.07, 6.45) is 6.51. The van der Waals surface area contributed by atoms with Crippen molar-refractivity contribution in [1.29, 1.82) is 0 Å². The van der Waals surface area contributed by atoms with Gasteiger partial charge in [0.15, 0.2) is 0 Å². The lowest BCUT2D eigenvalue weighted by molar-refractivity contribution is 0.289. The fourth-order valence-electron chi connectivity index (χ4n) is 2.72. The van der Waals surface area contributed by atoms with Gasteiger partial charge in [-0.3, -0.25) is 4.68 Å². The van der Waals surface area contributed by atoms with Gasteiger partial charge in [-0.2, -0.15) is 5.10 Å². The van der Waals surface area contributed by atoms with Gasteiger partial charge >= 0.3 is 0 Å². The third-order valence-corrected chi connectivity index (χ3v) is 4.04. The van der Waals surface area contributed by atoms with Crippen LogP contribution >= 0.6 is 0 Å². The van der Waals surface area contributed by atoms with Crippen LogP contribution in [0.4, 0.5) is 0 Å². The Morgan fingerprint density at radius 1 is 1.26 bits per heavy atom. The molecule has 1 aliphatic rings. The molecular formula is C16H21N3. The number of rotatable bonds is 4. The molecule has 19 heavy (non-hydrogen) atoms. The Balaban J connectivity index is 1.46. The second-order valence-electron chi connectivity index (χ2n) is 5.68. The molecule has 0 amide bonds. The van der Waals surface area contributed by atoms with E-state index in [2.05, 4.69) is 47.8 Å². The van der Waals surface area contributed by atoms with Crippen molar-refractivity contribution in [1.82, 2.24) is 15.1 Å². The standard InChI is InChI=1S/C16H21N3/c1-12-3-5-14(6-4-12)15-7-16(8-15)17-9-13-10-18-19(2)11-13/h3-6,10-11,15-17H,7-9H2,1-2H3. The fraction of sp³-hybridized carbons (Fsp3) is 0.438. The molecular weight excluding hydrogens is 234 g/mol. The molecule has 0 saturated heterocycles. The van der Waals surface area contributed by atoms with Crippen molar-refractivity contribution in [3.8, 4) is 0 Å². The van der Waals surface area contributed by atoms with Gasteiger partial charge in [0.25, 0.3) is 0 Å². The highest BCUT2D eigenvalue weighted by Gasteiger charge is 2.29. The number of nitrogens with one attached hydrogen (secondary N) is 1. The van der Waals surface area contributed by atoms with Crippen LogP contribution in [0.25, 0.3) is 0 Å². The normalized spacial score (nSPS) is 22.2. The Morgan fingerprint density at radius 3 is 2.63 bits per heavy atom. The molecule has 1 aromatic carbocycles. The number of benzene rings is 1. The summed E-state index contributed by atoms with van der Waals surface area (Å²) >= 11 is 0. The van der Waals surface area contributed by atoms with Crippen LogP contribution in [0.2, 0.25) is 0 Å². The van der Waals surface area contributed by atoms with Crippen molar-refractivity contribution in [3.63, 3.8) is 0 Å². The Morgan fingerprint density at radius 2 is 2.00 bits per heavy atom. The van der Waals surface area contributed by atoms with Crippen LogP contribution in [0.3, 0.4) is 0 Å². The SMILES string of the molecule is Cc1ccc(C2CC(NCc3cnn(C)c3)C2)cc1. The lowest BCUT2D eigenvalue weighted by atomic mass is 9.75. The molecule has 1 fully saturated rings. The lowest BCUT2D eigenvalue weighted by Gasteiger charge is -2.36. The topological polar surface area (TPSA) is 29.9 Å². The van der Waals surface area contributed by atoms with E-state index < -0.39 is 0 Å². The van der Waals surface area contributed by atoms with Crippen LogP contribution in [0.15, 0.2) is 36.7 Å². The smallest absolute Gasteiger partial charge is 0.0534 e. The van der Waals surface area contributed by atoms with Gasteiger partial charge in [-0.25, -0.2) is 0 Å². The highest BCUT2D eigenvalue weighted by atomic mass is 15.2. The van der Waals surface area contributed by atoms with E-state index in [1.807, 2.05) is 17.9 Å². The van der Waals surface area contributed by atoms with Gasteiger partial charge in [0.05, 0.1) is 6.20 Å². The largest absolute Gasteiger partial charge is 0.310 e. The van der Waals surface area contributed by atoms with Gasteiger partial charge in [-0.1, -0.05) is 29.8 Å². The quantitative estimate of drug-likeness (QED) is 0.910. The van der Waals surface area contributed by atoms with Crippen LogP contribution in [0.1, 0.15) is 35.4 Å². The average Bonchev–Trinajstić information content (AvgIpc) is 2.75. The van der Waals surface area contributed by atoms with Gasteiger partial charge in [0.1, 0.15) is 0 Å². The predicted molar refractivity (Wildman–Crippen MR) is 77.0 cm³/mol. The van der Waals surface area contributed by atoms with Gasteiger partial charge < -0.3 is 5.32 Å². The highest BCUT2D eigenvalue weighted by Crippen LogP contribution is 2.36. The van der Waals surface area contributed by atoms with Gasteiger partial charge in [-0.15, -0.1) is 0 Å². The number of nitrogens with zero attached hydrogens (tertiary/aromatic N) is 2. The molecule has 2 aromatic rings.